The van der Waals surface area contributed by atoms with Crippen molar-refractivity contribution in [3.8, 4) is 11.5 Å². The van der Waals surface area contributed by atoms with Crippen LogP contribution in [0.2, 0.25) is 0 Å². The van der Waals surface area contributed by atoms with Gasteiger partial charge in [-0.25, -0.2) is 4.98 Å². The van der Waals surface area contributed by atoms with Crippen molar-refractivity contribution < 1.29 is 13.9 Å². The van der Waals surface area contributed by atoms with E-state index in [9.17, 15) is 4.79 Å². The number of amides is 1. The molecule has 24 heavy (non-hydrogen) atoms. The molecule has 6 heteroatoms. The van der Waals surface area contributed by atoms with Gasteiger partial charge in [-0.05, 0) is 32.4 Å². The minimum atomic E-state index is 0.0380. The fourth-order valence-electron chi connectivity index (χ4n) is 2.12. The highest BCUT2D eigenvalue weighted by Crippen LogP contribution is 2.24. The van der Waals surface area contributed by atoms with Crippen LogP contribution in [0.5, 0.6) is 0 Å². The van der Waals surface area contributed by atoms with E-state index in [1.165, 1.54) is 17.3 Å². The van der Waals surface area contributed by atoms with Crippen LogP contribution in [0, 0.1) is 13.8 Å². The molecule has 0 aliphatic rings. The molecule has 1 N–H and O–H groups in total. The molecule has 5 nitrogen and oxygen atoms in total. The summed E-state index contributed by atoms with van der Waals surface area (Å²) in [5.41, 5.74) is 3.06. The van der Waals surface area contributed by atoms with Crippen LogP contribution in [0.15, 0.2) is 28.7 Å². The zero-order valence-corrected chi connectivity index (χ0v) is 15.2. The van der Waals surface area contributed by atoms with Gasteiger partial charge in [0.2, 0.25) is 11.8 Å². The summed E-state index contributed by atoms with van der Waals surface area (Å²) >= 11 is 1.54. The molecule has 1 aromatic heterocycles. The van der Waals surface area contributed by atoms with Gasteiger partial charge in [-0.15, -0.1) is 11.8 Å². The number of hydrogen-bond donors (Lipinski definition) is 1. The smallest absolute Gasteiger partial charge is 0.230 e. The molecule has 0 bridgehead atoms. The normalized spacial score (nSPS) is 10.8. The fourth-order valence-corrected chi connectivity index (χ4v) is 2.97. The molecule has 0 fully saturated rings. The number of carbonyl (C=O) groups is 1. The van der Waals surface area contributed by atoms with Gasteiger partial charge in [0.15, 0.2) is 0 Å². The van der Waals surface area contributed by atoms with E-state index in [0.717, 1.165) is 23.4 Å². The summed E-state index contributed by atoms with van der Waals surface area (Å²) in [6, 6.07) is 8.09. The number of nitrogens with one attached hydrogen (secondary N) is 1. The van der Waals surface area contributed by atoms with E-state index in [0.29, 0.717) is 30.5 Å². The zero-order valence-electron chi connectivity index (χ0n) is 14.4. The molecule has 1 heterocycles. The van der Waals surface area contributed by atoms with Gasteiger partial charge in [-0.1, -0.05) is 17.7 Å². The number of nitrogens with zero attached hydrogens (tertiary/aromatic N) is 1. The summed E-state index contributed by atoms with van der Waals surface area (Å²) < 4.78 is 10.7. The van der Waals surface area contributed by atoms with Crippen molar-refractivity contribution in [1.82, 2.24) is 10.3 Å². The maximum Gasteiger partial charge on any atom is 0.230 e. The second-order valence-corrected chi connectivity index (χ2v) is 6.56. The van der Waals surface area contributed by atoms with Crippen LogP contribution < -0.4 is 5.32 Å². The Balaban J connectivity index is 1.81. The molecule has 0 saturated carbocycles. The summed E-state index contributed by atoms with van der Waals surface area (Å²) in [5.74, 6) is 2.55. The number of oxazole rings is 1. The van der Waals surface area contributed by atoms with Crippen LogP contribution in [-0.2, 0) is 15.3 Å². The van der Waals surface area contributed by atoms with Crippen molar-refractivity contribution >= 4 is 17.7 Å². The van der Waals surface area contributed by atoms with Crippen molar-refractivity contribution in [2.75, 3.05) is 26.0 Å². The first-order valence-corrected chi connectivity index (χ1v) is 9.12. The number of methoxy groups -OCH3 is 1. The molecule has 2 rings (SSSR count). The lowest BCUT2D eigenvalue weighted by molar-refractivity contribution is -0.118. The Bertz CT molecular complexity index is 653. The van der Waals surface area contributed by atoms with Crippen LogP contribution >= 0.6 is 11.8 Å². The summed E-state index contributed by atoms with van der Waals surface area (Å²) in [7, 11) is 1.66. The largest absolute Gasteiger partial charge is 0.441 e. The van der Waals surface area contributed by atoms with Crippen LogP contribution in [0.3, 0.4) is 0 Å². The van der Waals surface area contributed by atoms with Crippen molar-refractivity contribution in [3.05, 3.63) is 41.3 Å². The summed E-state index contributed by atoms with van der Waals surface area (Å²) in [6.07, 6.45) is 0.829. The number of rotatable bonds is 9. The van der Waals surface area contributed by atoms with E-state index >= 15 is 0 Å². The molecule has 0 unspecified atom stereocenters. The van der Waals surface area contributed by atoms with Crippen molar-refractivity contribution in [3.63, 3.8) is 0 Å². The third-order valence-corrected chi connectivity index (χ3v) is 4.45. The lowest BCUT2D eigenvalue weighted by Gasteiger charge is -2.04. The monoisotopic (exact) mass is 348 g/mol. The molecule has 0 radical (unpaired) electrons. The summed E-state index contributed by atoms with van der Waals surface area (Å²) in [4.78, 5) is 16.3. The second-order valence-electron chi connectivity index (χ2n) is 5.58. The SMILES string of the molecule is COCCCNC(=O)CSCc1nc(-c2ccc(C)cc2)oc1C. The van der Waals surface area contributed by atoms with Gasteiger partial charge in [0.05, 0.1) is 11.4 Å². The number of benzene rings is 1. The predicted molar refractivity (Wildman–Crippen MR) is 97.1 cm³/mol. The van der Waals surface area contributed by atoms with Gasteiger partial charge in [0, 0.05) is 31.6 Å². The maximum atomic E-state index is 11.7. The number of hydrogen-bond acceptors (Lipinski definition) is 5. The third kappa shape index (κ3) is 5.69. The molecule has 1 aromatic carbocycles. The minimum absolute atomic E-state index is 0.0380. The molecule has 0 saturated heterocycles. The van der Waals surface area contributed by atoms with Gasteiger partial charge in [-0.2, -0.15) is 0 Å². The molecular weight excluding hydrogens is 324 g/mol. The van der Waals surface area contributed by atoms with E-state index in [1.807, 2.05) is 38.1 Å². The molecule has 130 valence electrons. The summed E-state index contributed by atoms with van der Waals surface area (Å²) in [6.45, 7) is 5.26. The Morgan fingerprint density at radius 2 is 2.04 bits per heavy atom. The average Bonchev–Trinajstić information content (AvgIpc) is 2.93. The molecule has 0 aliphatic carbocycles. The summed E-state index contributed by atoms with van der Waals surface area (Å²) in [5, 5.41) is 2.87. The van der Waals surface area contributed by atoms with Crippen molar-refractivity contribution in [2.24, 2.45) is 0 Å². The lowest BCUT2D eigenvalue weighted by atomic mass is 10.1. The van der Waals surface area contributed by atoms with Crippen LogP contribution in [-0.4, -0.2) is 36.9 Å². The molecule has 0 atom stereocenters. The number of aromatic nitrogens is 1. The number of ether oxygens (including phenoxy) is 1. The van der Waals surface area contributed by atoms with Gasteiger partial charge >= 0.3 is 0 Å². The highest BCUT2D eigenvalue weighted by atomic mass is 32.2. The first-order valence-electron chi connectivity index (χ1n) is 7.97. The van der Waals surface area contributed by atoms with Gasteiger partial charge < -0.3 is 14.5 Å². The molecule has 0 aliphatic heterocycles. The van der Waals surface area contributed by atoms with E-state index in [1.54, 1.807) is 7.11 Å². The number of aryl methyl sites for hydroxylation is 2. The van der Waals surface area contributed by atoms with Gasteiger partial charge in [-0.3, -0.25) is 4.79 Å². The lowest BCUT2D eigenvalue weighted by Crippen LogP contribution is -2.26. The topological polar surface area (TPSA) is 64.4 Å². The van der Waals surface area contributed by atoms with Crippen molar-refractivity contribution in [2.45, 2.75) is 26.0 Å². The highest BCUT2D eigenvalue weighted by molar-refractivity contribution is 7.99. The molecule has 2 aromatic rings. The minimum Gasteiger partial charge on any atom is -0.441 e. The maximum absolute atomic E-state index is 11.7. The van der Waals surface area contributed by atoms with Gasteiger partial charge in [0.25, 0.3) is 0 Å². The Morgan fingerprint density at radius 3 is 2.75 bits per heavy atom. The average molecular weight is 348 g/mol. The molecule has 0 spiro atoms. The number of carbonyl (C=O) groups excluding carboxylic acids is 1. The van der Waals surface area contributed by atoms with Gasteiger partial charge in [0.1, 0.15) is 5.76 Å². The number of thioether (sulfide) groups is 1. The Labute approximate surface area is 147 Å². The highest BCUT2D eigenvalue weighted by Gasteiger charge is 2.12. The standard InChI is InChI=1S/C18H24N2O3S/c1-13-5-7-15(8-6-13)18-20-16(14(2)23-18)11-24-12-17(21)19-9-4-10-22-3/h5-8H,4,9-12H2,1-3H3,(H,19,21). The van der Waals surface area contributed by atoms with E-state index in [2.05, 4.69) is 10.3 Å². The Hall–Kier alpha value is -1.79. The van der Waals surface area contributed by atoms with Crippen LogP contribution in [0.4, 0.5) is 0 Å². The molecular formula is C18H24N2O3S. The first kappa shape index (κ1) is 18.5. The quantitative estimate of drug-likeness (QED) is 0.704. The fraction of sp³-hybridized carbons (Fsp3) is 0.444. The van der Waals surface area contributed by atoms with E-state index in [4.69, 9.17) is 9.15 Å². The zero-order chi connectivity index (χ0) is 17.4. The first-order chi connectivity index (χ1) is 11.6. The Morgan fingerprint density at radius 1 is 1.29 bits per heavy atom. The van der Waals surface area contributed by atoms with E-state index < -0.39 is 0 Å². The van der Waals surface area contributed by atoms with Crippen LogP contribution in [0.1, 0.15) is 23.4 Å². The third-order valence-electron chi connectivity index (χ3n) is 3.51. The van der Waals surface area contributed by atoms with Crippen molar-refractivity contribution in [1.29, 1.82) is 0 Å². The second kappa shape index (κ2) is 9.49. The Kier molecular flexibility index (Phi) is 7.34. The van der Waals surface area contributed by atoms with E-state index in [-0.39, 0.29) is 5.91 Å². The predicted octanol–water partition coefficient (Wildman–Crippen LogP) is 3.34. The molecule has 1 amide bonds. The van der Waals surface area contributed by atoms with Crippen LogP contribution in [0.25, 0.3) is 11.5 Å².